The normalized spacial score (nSPS) is 13.6. The van der Waals surface area contributed by atoms with Gasteiger partial charge in [-0.15, -0.1) is 0 Å². The van der Waals surface area contributed by atoms with Gasteiger partial charge in [0.1, 0.15) is 16.7 Å². The number of rotatable bonds is 4. The first-order valence-electron chi connectivity index (χ1n) is 9.94. The number of hydrogen-bond acceptors (Lipinski definition) is 6. The van der Waals surface area contributed by atoms with Gasteiger partial charge in [0.15, 0.2) is 9.84 Å². The molecule has 0 spiro atoms. The quantitative estimate of drug-likeness (QED) is 0.640. The molecule has 172 valence electrons. The summed E-state index contributed by atoms with van der Waals surface area (Å²) in [6, 6.07) is 9.88. The van der Waals surface area contributed by atoms with Gasteiger partial charge < -0.3 is 5.11 Å². The highest BCUT2D eigenvalue weighted by Crippen LogP contribution is 2.40. The Morgan fingerprint density at radius 1 is 0.875 bits per heavy atom. The molecule has 0 atom stereocenters. The molecule has 0 aliphatic carbocycles. The molecular formula is C24H29NO5S2. The molecule has 1 N–H and O–H groups in total. The Kier molecular flexibility index (Phi) is 6.71. The molecule has 0 aliphatic heterocycles. The zero-order chi connectivity index (χ0) is 24.7. The van der Waals surface area contributed by atoms with Crippen LogP contribution in [0.25, 0.3) is 6.08 Å². The fraction of sp³-hybridized carbons (Fsp3) is 0.375. The Morgan fingerprint density at radius 2 is 1.28 bits per heavy atom. The number of allylic oxidation sites excluding steroid dienone is 1. The lowest BCUT2D eigenvalue weighted by Gasteiger charge is -2.28. The molecule has 0 radical (unpaired) electrons. The molecule has 2 aromatic rings. The highest BCUT2D eigenvalue weighted by Gasteiger charge is 2.27. The highest BCUT2D eigenvalue weighted by atomic mass is 32.2. The van der Waals surface area contributed by atoms with Crippen LogP contribution in [0.5, 0.6) is 5.75 Å². The second-order valence-corrected chi connectivity index (χ2v) is 13.8. The molecule has 0 unspecified atom stereocenters. The Hall–Kier alpha value is -2.63. The Bertz CT molecular complexity index is 1280. The molecule has 0 saturated heterocycles. The van der Waals surface area contributed by atoms with Crippen molar-refractivity contribution in [2.75, 3.05) is 6.26 Å². The molecule has 2 aromatic carbocycles. The zero-order valence-electron chi connectivity index (χ0n) is 19.4. The number of hydrogen-bond donors (Lipinski definition) is 1. The maximum atomic E-state index is 13.1. The molecule has 2 rings (SSSR count). The molecule has 32 heavy (non-hydrogen) atoms. The van der Waals surface area contributed by atoms with Gasteiger partial charge in [0.2, 0.25) is 9.84 Å². The van der Waals surface area contributed by atoms with Crippen molar-refractivity contribution in [2.24, 2.45) is 0 Å². The van der Waals surface area contributed by atoms with Gasteiger partial charge in [-0.1, -0.05) is 41.5 Å². The van der Waals surface area contributed by atoms with Gasteiger partial charge >= 0.3 is 0 Å². The number of nitrogens with zero attached hydrogens (tertiary/aromatic N) is 1. The predicted octanol–water partition coefficient (Wildman–Crippen LogP) is 4.73. The van der Waals surface area contributed by atoms with E-state index in [0.29, 0.717) is 16.7 Å². The van der Waals surface area contributed by atoms with E-state index in [2.05, 4.69) is 0 Å². The van der Waals surface area contributed by atoms with Crippen LogP contribution in [-0.2, 0) is 30.5 Å². The van der Waals surface area contributed by atoms with E-state index in [1.54, 1.807) is 18.2 Å². The van der Waals surface area contributed by atoms with Crippen molar-refractivity contribution in [3.63, 3.8) is 0 Å². The highest BCUT2D eigenvalue weighted by molar-refractivity contribution is 7.95. The number of benzene rings is 2. The smallest absolute Gasteiger partial charge is 0.216 e. The van der Waals surface area contributed by atoms with E-state index >= 15 is 0 Å². The molecule has 0 aliphatic rings. The summed E-state index contributed by atoms with van der Waals surface area (Å²) in [6.45, 7) is 11.6. The van der Waals surface area contributed by atoms with E-state index in [0.717, 1.165) is 6.26 Å². The maximum absolute atomic E-state index is 13.1. The van der Waals surface area contributed by atoms with Crippen LogP contribution in [0.2, 0.25) is 0 Å². The summed E-state index contributed by atoms with van der Waals surface area (Å²) in [5.74, 6) is 0.153. The van der Waals surface area contributed by atoms with Gasteiger partial charge in [-0.05, 0) is 58.9 Å². The Labute approximate surface area is 191 Å². The van der Waals surface area contributed by atoms with E-state index in [1.807, 2.05) is 41.5 Å². The van der Waals surface area contributed by atoms with Crippen molar-refractivity contribution >= 4 is 25.8 Å². The van der Waals surface area contributed by atoms with Crippen LogP contribution in [0.1, 0.15) is 58.2 Å². The van der Waals surface area contributed by atoms with Gasteiger partial charge in [0.25, 0.3) is 0 Å². The first kappa shape index (κ1) is 25.6. The molecule has 0 fully saturated rings. The van der Waals surface area contributed by atoms with Gasteiger partial charge in [-0.3, -0.25) is 0 Å². The van der Waals surface area contributed by atoms with E-state index in [4.69, 9.17) is 0 Å². The molecule has 0 saturated carbocycles. The summed E-state index contributed by atoms with van der Waals surface area (Å²) in [5, 5.41) is 20.5. The third-order valence-corrected chi connectivity index (χ3v) is 7.82. The maximum Gasteiger partial charge on any atom is 0.216 e. The minimum Gasteiger partial charge on any atom is -0.507 e. The lowest BCUT2D eigenvalue weighted by atomic mass is 9.78. The zero-order valence-corrected chi connectivity index (χ0v) is 21.0. The van der Waals surface area contributed by atoms with Crippen LogP contribution >= 0.6 is 0 Å². The van der Waals surface area contributed by atoms with Crippen molar-refractivity contribution in [1.82, 2.24) is 0 Å². The molecular weight excluding hydrogens is 446 g/mol. The summed E-state index contributed by atoms with van der Waals surface area (Å²) in [6.07, 6.45) is 2.31. The van der Waals surface area contributed by atoms with Gasteiger partial charge in [-0.25, -0.2) is 16.8 Å². The molecule has 0 bridgehead atoms. The molecule has 0 amide bonds. The summed E-state index contributed by atoms with van der Waals surface area (Å²) >= 11 is 0. The lowest BCUT2D eigenvalue weighted by molar-refractivity contribution is 0.423. The Morgan fingerprint density at radius 3 is 1.62 bits per heavy atom. The average molecular weight is 476 g/mol. The van der Waals surface area contributed by atoms with E-state index < -0.39 is 35.4 Å². The predicted molar refractivity (Wildman–Crippen MR) is 126 cm³/mol. The second kappa shape index (κ2) is 8.38. The lowest BCUT2D eigenvalue weighted by Crippen LogP contribution is -2.17. The van der Waals surface area contributed by atoms with Crippen LogP contribution in [0.15, 0.2) is 51.1 Å². The fourth-order valence-corrected chi connectivity index (χ4v) is 4.99. The van der Waals surface area contributed by atoms with Crippen molar-refractivity contribution in [3.8, 4) is 11.8 Å². The third-order valence-electron chi connectivity index (χ3n) is 5.01. The van der Waals surface area contributed by atoms with Crippen LogP contribution < -0.4 is 0 Å². The largest absolute Gasteiger partial charge is 0.507 e. The number of sulfone groups is 2. The first-order chi connectivity index (χ1) is 14.4. The van der Waals surface area contributed by atoms with E-state index in [-0.39, 0.29) is 15.5 Å². The molecule has 6 nitrogen and oxygen atoms in total. The minimum absolute atomic E-state index is 0.0119. The standard InChI is InChI=1S/C24H29NO5S2/c1-23(2,3)20-13-16(14-21(22(20)26)24(4,5)6)12-19(15-25)32(29,30)18-10-8-17(9-11-18)31(7,27)28/h8-14,26H,1-7H3/b19-12-. The van der Waals surface area contributed by atoms with Crippen molar-refractivity contribution in [3.05, 3.63) is 58.0 Å². The van der Waals surface area contributed by atoms with Gasteiger partial charge in [0.05, 0.1) is 9.79 Å². The number of aromatic hydroxyl groups is 1. The van der Waals surface area contributed by atoms with E-state index in [9.17, 15) is 27.2 Å². The summed E-state index contributed by atoms with van der Waals surface area (Å²) < 4.78 is 49.4. The molecule has 0 aromatic heterocycles. The van der Waals surface area contributed by atoms with Crippen molar-refractivity contribution < 1.29 is 21.9 Å². The van der Waals surface area contributed by atoms with Crippen LogP contribution in [-0.4, -0.2) is 28.2 Å². The van der Waals surface area contributed by atoms with Gasteiger partial charge in [-0.2, -0.15) is 5.26 Å². The minimum atomic E-state index is -4.18. The van der Waals surface area contributed by atoms with Crippen LogP contribution in [0.3, 0.4) is 0 Å². The third kappa shape index (κ3) is 5.40. The molecule has 0 heterocycles. The number of phenols is 1. The van der Waals surface area contributed by atoms with Crippen LogP contribution in [0.4, 0.5) is 0 Å². The topological polar surface area (TPSA) is 112 Å². The van der Waals surface area contributed by atoms with Crippen molar-refractivity contribution in [1.29, 1.82) is 5.26 Å². The summed E-state index contributed by atoms with van der Waals surface area (Å²) in [4.78, 5) is -0.666. The summed E-state index contributed by atoms with van der Waals surface area (Å²) in [7, 11) is -7.65. The molecule has 8 heteroatoms. The average Bonchev–Trinajstić information content (AvgIpc) is 2.64. The first-order valence-corrected chi connectivity index (χ1v) is 13.3. The second-order valence-electron chi connectivity index (χ2n) is 9.83. The monoisotopic (exact) mass is 475 g/mol. The van der Waals surface area contributed by atoms with Crippen LogP contribution in [0, 0.1) is 11.3 Å². The van der Waals surface area contributed by atoms with Crippen molar-refractivity contribution in [2.45, 2.75) is 62.2 Å². The SMILES string of the molecule is CC(C)(C)c1cc(/C=C(/C#N)S(=O)(=O)c2ccc(S(C)(=O)=O)cc2)cc(C(C)(C)C)c1O. The number of nitriles is 1. The van der Waals surface area contributed by atoms with E-state index in [1.165, 1.54) is 30.3 Å². The Balaban J connectivity index is 2.71. The van der Waals surface area contributed by atoms with Gasteiger partial charge in [0, 0.05) is 17.4 Å². The summed E-state index contributed by atoms with van der Waals surface area (Å²) in [5.41, 5.74) is 0.930. The number of phenolic OH excluding ortho intramolecular Hbond substituents is 1. The fourth-order valence-electron chi connectivity index (χ4n) is 3.20.